The molecular weight excluding hydrogens is 277 g/mol. The molecule has 0 radical (unpaired) electrons. The van der Waals surface area contributed by atoms with Crippen LogP contribution >= 0.6 is 23.2 Å². The zero-order chi connectivity index (χ0) is 13.8. The zero-order valence-electron chi connectivity index (χ0n) is 11.8. The Kier molecular flexibility index (Phi) is 5.56. The molecule has 1 saturated carbocycles. The van der Waals surface area contributed by atoms with Crippen LogP contribution in [0.1, 0.15) is 51.1 Å². The molecule has 19 heavy (non-hydrogen) atoms. The molecule has 1 aromatic rings. The topological polar surface area (TPSA) is 12.0 Å². The van der Waals surface area contributed by atoms with Gasteiger partial charge in [-0.2, -0.15) is 0 Å². The van der Waals surface area contributed by atoms with Gasteiger partial charge in [0.25, 0.3) is 0 Å². The second-order valence-electron chi connectivity index (χ2n) is 5.78. The summed E-state index contributed by atoms with van der Waals surface area (Å²) >= 11 is 12.2. The average molecular weight is 300 g/mol. The van der Waals surface area contributed by atoms with E-state index in [2.05, 4.69) is 25.2 Å². The molecule has 0 aliphatic heterocycles. The Labute approximate surface area is 126 Å². The van der Waals surface area contributed by atoms with Crippen molar-refractivity contribution in [2.75, 3.05) is 6.54 Å². The van der Waals surface area contributed by atoms with Crippen LogP contribution in [0.15, 0.2) is 18.2 Å². The fourth-order valence-corrected chi connectivity index (χ4v) is 3.42. The molecule has 0 heterocycles. The van der Waals surface area contributed by atoms with Crippen molar-refractivity contribution in [2.24, 2.45) is 11.8 Å². The van der Waals surface area contributed by atoms with Crippen molar-refractivity contribution in [3.8, 4) is 0 Å². The van der Waals surface area contributed by atoms with E-state index in [9.17, 15) is 0 Å². The van der Waals surface area contributed by atoms with Crippen LogP contribution in [0.5, 0.6) is 0 Å². The van der Waals surface area contributed by atoms with E-state index in [1.54, 1.807) is 0 Å². The third kappa shape index (κ3) is 3.87. The first-order valence-electron chi connectivity index (χ1n) is 7.30. The molecule has 1 N–H and O–H groups in total. The van der Waals surface area contributed by atoms with Gasteiger partial charge >= 0.3 is 0 Å². The summed E-state index contributed by atoms with van der Waals surface area (Å²) in [6.07, 6.45) is 5.11. The minimum atomic E-state index is 0.416. The molecule has 3 unspecified atom stereocenters. The van der Waals surface area contributed by atoms with Crippen molar-refractivity contribution in [1.29, 1.82) is 0 Å². The lowest BCUT2D eigenvalue weighted by molar-refractivity contribution is 0.359. The Hall–Kier alpha value is -0.240. The van der Waals surface area contributed by atoms with E-state index < -0.39 is 0 Å². The van der Waals surface area contributed by atoms with Gasteiger partial charge in [0.05, 0.1) is 10.0 Å². The van der Waals surface area contributed by atoms with Gasteiger partial charge in [0.2, 0.25) is 0 Å². The molecule has 0 spiro atoms. The van der Waals surface area contributed by atoms with Gasteiger partial charge in [-0.3, -0.25) is 0 Å². The Morgan fingerprint density at radius 3 is 2.63 bits per heavy atom. The molecule has 0 aromatic heterocycles. The van der Waals surface area contributed by atoms with E-state index >= 15 is 0 Å². The van der Waals surface area contributed by atoms with E-state index in [1.807, 2.05) is 12.1 Å². The van der Waals surface area contributed by atoms with Crippen LogP contribution in [0, 0.1) is 11.8 Å². The van der Waals surface area contributed by atoms with Gasteiger partial charge in [0.1, 0.15) is 0 Å². The standard InChI is InChI=1S/C16H23Cl2N/c1-3-8-19-16(12-5-4-11(2)9-12)13-6-7-14(17)15(18)10-13/h6-7,10-12,16,19H,3-5,8-9H2,1-2H3. The number of benzene rings is 1. The molecule has 1 aliphatic carbocycles. The van der Waals surface area contributed by atoms with Crippen molar-refractivity contribution in [3.05, 3.63) is 33.8 Å². The maximum absolute atomic E-state index is 6.17. The maximum atomic E-state index is 6.17. The van der Waals surface area contributed by atoms with Crippen LogP contribution in [0.3, 0.4) is 0 Å². The summed E-state index contributed by atoms with van der Waals surface area (Å²) in [5, 5.41) is 4.99. The second kappa shape index (κ2) is 6.97. The average Bonchev–Trinajstić information content (AvgIpc) is 2.80. The molecule has 106 valence electrons. The summed E-state index contributed by atoms with van der Waals surface area (Å²) in [4.78, 5) is 0. The summed E-state index contributed by atoms with van der Waals surface area (Å²) in [6.45, 7) is 5.61. The molecule has 1 fully saturated rings. The summed E-state index contributed by atoms with van der Waals surface area (Å²) < 4.78 is 0. The number of nitrogens with one attached hydrogen (secondary N) is 1. The lowest BCUT2D eigenvalue weighted by atomic mass is 9.91. The fraction of sp³-hybridized carbons (Fsp3) is 0.625. The highest BCUT2D eigenvalue weighted by Crippen LogP contribution is 2.40. The third-order valence-electron chi connectivity index (χ3n) is 4.12. The SMILES string of the molecule is CCCNC(c1ccc(Cl)c(Cl)c1)C1CCC(C)C1. The van der Waals surface area contributed by atoms with E-state index in [1.165, 1.54) is 24.8 Å². The Morgan fingerprint density at radius 1 is 1.26 bits per heavy atom. The van der Waals surface area contributed by atoms with Gasteiger partial charge in [-0.05, 0) is 55.3 Å². The predicted molar refractivity (Wildman–Crippen MR) is 84.0 cm³/mol. The molecular formula is C16H23Cl2N. The minimum Gasteiger partial charge on any atom is -0.310 e. The highest BCUT2D eigenvalue weighted by atomic mass is 35.5. The van der Waals surface area contributed by atoms with Gasteiger partial charge in [0.15, 0.2) is 0 Å². The first-order valence-corrected chi connectivity index (χ1v) is 8.05. The Bertz CT molecular complexity index is 419. The van der Waals surface area contributed by atoms with E-state index in [0.717, 1.165) is 24.8 Å². The van der Waals surface area contributed by atoms with Crippen LogP contribution in [0.4, 0.5) is 0 Å². The Morgan fingerprint density at radius 2 is 2.05 bits per heavy atom. The van der Waals surface area contributed by atoms with Crippen LogP contribution in [-0.4, -0.2) is 6.54 Å². The normalized spacial score (nSPS) is 24.6. The molecule has 3 heteroatoms. The predicted octanol–water partition coefficient (Wildman–Crippen LogP) is 5.47. The first kappa shape index (κ1) is 15.2. The van der Waals surface area contributed by atoms with Crippen LogP contribution in [-0.2, 0) is 0 Å². The maximum Gasteiger partial charge on any atom is 0.0595 e. The number of halogens is 2. The molecule has 1 aromatic carbocycles. The van der Waals surface area contributed by atoms with Crippen molar-refractivity contribution < 1.29 is 0 Å². The van der Waals surface area contributed by atoms with Crippen molar-refractivity contribution in [3.63, 3.8) is 0 Å². The van der Waals surface area contributed by atoms with Gasteiger partial charge < -0.3 is 5.32 Å². The molecule has 3 atom stereocenters. The van der Waals surface area contributed by atoms with Gasteiger partial charge in [0, 0.05) is 6.04 Å². The number of hydrogen-bond donors (Lipinski definition) is 1. The summed E-state index contributed by atoms with van der Waals surface area (Å²) in [5.74, 6) is 1.57. The molecule has 0 saturated heterocycles. The summed E-state index contributed by atoms with van der Waals surface area (Å²) in [6, 6.07) is 6.47. The minimum absolute atomic E-state index is 0.416. The number of hydrogen-bond acceptors (Lipinski definition) is 1. The van der Waals surface area contributed by atoms with Gasteiger partial charge in [-0.25, -0.2) is 0 Å². The summed E-state index contributed by atoms with van der Waals surface area (Å²) in [5.41, 5.74) is 1.28. The highest BCUT2D eigenvalue weighted by Gasteiger charge is 2.29. The quantitative estimate of drug-likeness (QED) is 0.760. The van der Waals surface area contributed by atoms with Crippen LogP contribution < -0.4 is 5.32 Å². The van der Waals surface area contributed by atoms with Gasteiger partial charge in [-0.1, -0.05) is 49.5 Å². The first-order chi connectivity index (χ1) is 9.11. The molecule has 0 amide bonds. The van der Waals surface area contributed by atoms with E-state index in [4.69, 9.17) is 23.2 Å². The highest BCUT2D eigenvalue weighted by molar-refractivity contribution is 6.42. The van der Waals surface area contributed by atoms with E-state index in [0.29, 0.717) is 16.1 Å². The molecule has 2 rings (SSSR count). The van der Waals surface area contributed by atoms with Crippen molar-refractivity contribution in [1.82, 2.24) is 5.32 Å². The Balaban J connectivity index is 2.18. The van der Waals surface area contributed by atoms with Gasteiger partial charge in [-0.15, -0.1) is 0 Å². The van der Waals surface area contributed by atoms with Crippen molar-refractivity contribution in [2.45, 2.75) is 45.6 Å². The lowest BCUT2D eigenvalue weighted by Gasteiger charge is -2.26. The second-order valence-corrected chi connectivity index (χ2v) is 6.60. The van der Waals surface area contributed by atoms with Crippen molar-refractivity contribution >= 4 is 23.2 Å². The molecule has 0 bridgehead atoms. The van der Waals surface area contributed by atoms with Crippen LogP contribution in [0.25, 0.3) is 0 Å². The third-order valence-corrected chi connectivity index (χ3v) is 4.86. The molecule has 1 nitrogen and oxygen atoms in total. The van der Waals surface area contributed by atoms with Crippen LogP contribution in [0.2, 0.25) is 10.0 Å². The monoisotopic (exact) mass is 299 g/mol. The molecule has 1 aliphatic rings. The number of rotatable bonds is 5. The lowest BCUT2D eigenvalue weighted by Crippen LogP contribution is -2.28. The largest absolute Gasteiger partial charge is 0.310 e. The fourth-order valence-electron chi connectivity index (χ4n) is 3.12. The summed E-state index contributed by atoms with van der Waals surface area (Å²) in [7, 11) is 0. The van der Waals surface area contributed by atoms with E-state index in [-0.39, 0.29) is 0 Å². The zero-order valence-corrected chi connectivity index (χ0v) is 13.3. The smallest absolute Gasteiger partial charge is 0.0595 e.